The van der Waals surface area contributed by atoms with Crippen LogP contribution < -0.4 is 0 Å². The van der Waals surface area contributed by atoms with E-state index in [2.05, 4.69) is 0 Å². The Hall–Kier alpha value is -0.920. The first-order chi connectivity index (χ1) is 8.93. The zero-order valence-corrected chi connectivity index (χ0v) is 12.8. The molecule has 0 aliphatic carbocycles. The van der Waals surface area contributed by atoms with Crippen molar-refractivity contribution in [2.75, 3.05) is 32.4 Å². The maximum Gasteiger partial charge on any atom is 0.264 e. The minimum Gasteiger partial charge on any atom is -0.335 e. The van der Waals surface area contributed by atoms with Crippen molar-refractivity contribution in [2.45, 2.75) is 13.3 Å². The van der Waals surface area contributed by atoms with E-state index in [-0.39, 0.29) is 5.91 Å². The average Bonchev–Trinajstić information content (AvgIpc) is 2.85. The van der Waals surface area contributed by atoms with E-state index in [1.807, 2.05) is 18.4 Å². The van der Waals surface area contributed by atoms with Crippen molar-refractivity contribution in [3.63, 3.8) is 0 Å². The smallest absolute Gasteiger partial charge is 0.264 e. The van der Waals surface area contributed by atoms with Crippen LogP contribution >= 0.6 is 11.3 Å². The molecule has 2 heterocycles. The van der Waals surface area contributed by atoms with Crippen LogP contribution in [0.2, 0.25) is 0 Å². The molecular formula is C12H18N2O3S2. The molecule has 1 saturated heterocycles. The lowest BCUT2D eigenvalue weighted by Crippen LogP contribution is -2.50. The molecule has 1 amide bonds. The maximum absolute atomic E-state index is 12.4. The lowest BCUT2D eigenvalue weighted by molar-refractivity contribution is 0.0702. The molecule has 1 fully saturated rings. The van der Waals surface area contributed by atoms with Crippen molar-refractivity contribution >= 4 is 27.3 Å². The fourth-order valence-electron chi connectivity index (χ4n) is 2.17. The summed E-state index contributed by atoms with van der Waals surface area (Å²) in [5, 5.41) is 1.93. The molecular weight excluding hydrogens is 284 g/mol. The highest BCUT2D eigenvalue weighted by molar-refractivity contribution is 7.88. The van der Waals surface area contributed by atoms with Gasteiger partial charge in [0.25, 0.3) is 5.91 Å². The third-order valence-electron chi connectivity index (χ3n) is 3.32. The summed E-state index contributed by atoms with van der Waals surface area (Å²) in [6, 6.07) is 1.98. The molecule has 0 bridgehead atoms. The topological polar surface area (TPSA) is 57.7 Å². The Morgan fingerprint density at radius 1 is 1.32 bits per heavy atom. The van der Waals surface area contributed by atoms with E-state index in [0.717, 1.165) is 16.9 Å². The van der Waals surface area contributed by atoms with Crippen LogP contribution in [0.15, 0.2) is 11.4 Å². The number of carbonyl (C=O) groups excluding carboxylic acids is 1. The summed E-state index contributed by atoms with van der Waals surface area (Å²) in [7, 11) is -3.14. The van der Waals surface area contributed by atoms with Gasteiger partial charge in [0, 0.05) is 26.2 Å². The molecule has 1 aromatic rings. The molecule has 2 rings (SSSR count). The first-order valence-corrected chi connectivity index (χ1v) is 8.97. The van der Waals surface area contributed by atoms with Gasteiger partial charge in [0.05, 0.1) is 11.1 Å². The van der Waals surface area contributed by atoms with Crippen LogP contribution in [0, 0.1) is 0 Å². The van der Waals surface area contributed by atoms with Crippen LogP contribution in [0.3, 0.4) is 0 Å². The Morgan fingerprint density at radius 3 is 2.47 bits per heavy atom. The third-order valence-corrected chi connectivity index (χ3v) is 5.56. The highest BCUT2D eigenvalue weighted by Crippen LogP contribution is 2.20. The third kappa shape index (κ3) is 3.16. The predicted molar refractivity (Wildman–Crippen MR) is 76.0 cm³/mol. The molecule has 0 unspecified atom stereocenters. The van der Waals surface area contributed by atoms with Crippen molar-refractivity contribution in [1.29, 1.82) is 0 Å². The Labute approximate surface area is 117 Å². The summed E-state index contributed by atoms with van der Waals surface area (Å²) in [5.74, 6) is 0.0278. The SMILES string of the molecule is CCc1ccsc1C(=O)N1CCN(S(C)(=O)=O)CC1. The van der Waals surface area contributed by atoms with Crippen molar-refractivity contribution in [1.82, 2.24) is 9.21 Å². The largest absolute Gasteiger partial charge is 0.335 e. The number of aryl methyl sites for hydroxylation is 1. The Bertz CT molecular complexity index is 557. The van der Waals surface area contributed by atoms with Crippen LogP contribution in [0.25, 0.3) is 0 Å². The minimum atomic E-state index is -3.14. The van der Waals surface area contributed by atoms with Crippen LogP contribution in [0.4, 0.5) is 0 Å². The number of piperazine rings is 1. The number of sulfonamides is 1. The highest BCUT2D eigenvalue weighted by Gasteiger charge is 2.27. The molecule has 19 heavy (non-hydrogen) atoms. The molecule has 0 aromatic carbocycles. The molecule has 0 atom stereocenters. The van der Waals surface area contributed by atoms with Gasteiger partial charge in [-0.05, 0) is 23.4 Å². The van der Waals surface area contributed by atoms with Gasteiger partial charge in [-0.1, -0.05) is 6.92 Å². The van der Waals surface area contributed by atoms with Gasteiger partial charge in [-0.2, -0.15) is 4.31 Å². The van der Waals surface area contributed by atoms with Crippen LogP contribution in [0.5, 0.6) is 0 Å². The van der Waals surface area contributed by atoms with E-state index in [9.17, 15) is 13.2 Å². The molecule has 1 aliphatic rings. The maximum atomic E-state index is 12.4. The van der Waals surface area contributed by atoms with E-state index in [1.165, 1.54) is 21.9 Å². The number of nitrogens with zero attached hydrogens (tertiary/aromatic N) is 2. The zero-order chi connectivity index (χ0) is 14.0. The summed E-state index contributed by atoms with van der Waals surface area (Å²) < 4.78 is 24.3. The normalized spacial score (nSPS) is 17.7. The van der Waals surface area contributed by atoms with Gasteiger partial charge < -0.3 is 4.90 Å². The van der Waals surface area contributed by atoms with Gasteiger partial charge in [-0.3, -0.25) is 4.79 Å². The number of amides is 1. The Balaban J connectivity index is 2.04. The molecule has 1 aliphatic heterocycles. The minimum absolute atomic E-state index is 0.0278. The van der Waals surface area contributed by atoms with Gasteiger partial charge in [-0.15, -0.1) is 11.3 Å². The van der Waals surface area contributed by atoms with E-state index >= 15 is 0 Å². The molecule has 5 nitrogen and oxygen atoms in total. The first-order valence-electron chi connectivity index (χ1n) is 6.24. The monoisotopic (exact) mass is 302 g/mol. The number of thiophene rings is 1. The van der Waals surface area contributed by atoms with Gasteiger partial charge >= 0.3 is 0 Å². The lowest BCUT2D eigenvalue weighted by atomic mass is 10.2. The standard InChI is InChI=1S/C12H18N2O3S2/c1-3-10-4-9-18-11(10)12(15)13-5-7-14(8-6-13)19(2,16)17/h4,9H,3,5-8H2,1-2H3. The van der Waals surface area contributed by atoms with Gasteiger partial charge in [0.2, 0.25) is 10.0 Å². The zero-order valence-electron chi connectivity index (χ0n) is 11.1. The second-order valence-corrected chi connectivity index (χ2v) is 7.48. The second kappa shape index (κ2) is 5.60. The second-order valence-electron chi connectivity index (χ2n) is 4.58. The van der Waals surface area contributed by atoms with Gasteiger partial charge in [0.15, 0.2) is 0 Å². The van der Waals surface area contributed by atoms with E-state index < -0.39 is 10.0 Å². The Morgan fingerprint density at radius 2 is 1.95 bits per heavy atom. The molecule has 0 saturated carbocycles. The van der Waals surface area contributed by atoms with Crippen molar-refractivity contribution in [2.24, 2.45) is 0 Å². The lowest BCUT2D eigenvalue weighted by Gasteiger charge is -2.33. The predicted octanol–water partition coefficient (Wildman–Crippen LogP) is 1.03. The summed E-state index contributed by atoms with van der Waals surface area (Å²) in [6.45, 7) is 3.73. The molecule has 0 spiro atoms. The fraction of sp³-hybridized carbons (Fsp3) is 0.583. The van der Waals surface area contributed by atoms with E-state index in [4.69, 9.17) is 0 Å². The average molecular weight is 302 g/mol. The number of hydrogen-bond acceptors (Lipinski definition) is 4. The molecule has 0 radical (unpaired) electrons. The van der Waals surface area contributed by atoms with Crippen LogP contribution in [-0.2, 0) is 16.4 Å². The van der Waals surface area contributed by atoms with E-state index in [0.29, 0.717) is 26.2 Å². The molecule has 7 heteroatoms. The van der Waals surface area contributed by atoms with Crippen molar-refractivity contribution < 1.29 is 13.2 Å². The fourth-order valence-corrected chi connectivity index (χ4v) is 3.96. The van der Waals surface area contributed by atoms with Crippen molar-refractivity contribution in [3.8, 4) is 0 Å². The number of carbonyl (C=O) groups is 1. The van der Waals surface area contributed by atoms with Crippen LogP contribution in [-0.4, -0.2) is 56.0 Å². The first kappa shape index (κ1) is 14.5. The quantitative estimate of drug-likeness (QED) is 0.838. The highest BCUT2D eigenvalue weighted by atomic mass is 32.2. The number of rotatable bonds is 3. The van der Waals surface area contributed by atoms with Crippen LogP contribution in [0.1, 0.15) is 22.2 Å². The molecule has 1 aromatic heterocycles. The number of hydrogen-bond donors (Lipinski definition) is 0. The summed E-state index contributed by atoms with van der Waals surface area (Å²) in [5.41, 5.74) is 1.07. The van der Waals surface area contributed by atoms with Crippen molar-refractivity contribution in [3.05, 3.63) is 21.9 Å². The molecule has 106 valence electrons. The van der Waals surface area contributed by atoms with E-state index in [1.54, 1.807) is 4.90 Å². The Kier molecular flexibility index (Phi) is 4.27. The summed E-state index contributed by atoms with van der Waals surface area (Å²) in [4.78, 5) is 14.9. The summed E-state index contributed by atoms with van der Waals surface area (Å²) in [6.07, 6.45) is 2.05. The van der Waals surface area contributed by atoms with Gasteiger partial charge in [0.1, 0.15) is 0 Å². The van der Waals surface area contributed by atoms with Gasteiger partial charge in [-0.25, -0.2) is 8.42 Å². The summed E-state index contributed by atoms with van der Waals surface area (Å²) >= 11 is 1.46. The molecule has 0 N–H and O–H groups in total.